The molecule has 0 fully saturated rings. The Morgan fingerprint density at radius 1 is 1.11 bits per heavy atom. The first-order chi connectivity index (χ1) is 13.0. The lowest BCUT2D eigenvalue weighted by Crippen LogP contribution is -2.27. The highest BCUT2D eigenvalue weighted by Gasteiger charge is 2.19. The minimum absolute atomic E-state index is 0.0998. The SMILES string of the molecule is CCCNc1ccc2nnc(CCNS(=O)(=O)c3ccccc3OC)n2n1. The number of sulfonamides is 1. The summed E-state index contributed by atoms with van der Waals surface area (Å²) in [6.07, 6.45) is 1.33. The maximum atomic E-state index is 12.5. The first kappa shape index (κ1) is 19.1. The summed E-state index contributed by atoms with van der Waals surface area (Å²) in [5.41, 5.74) is 0.611. The van der Waals surface area contributed by atoms with Crippen LogP contribution in [0.2, 0.25) is 0 Å². The number of rotatable bonds is 9. The summed E-state index contributed by atoms with van der Waals surface area (Å²) in [5, 5.41) is 15.8. The third-order valence-electron chi connectivity index (χ3n) is 3.88. The summed E-state index contributed by atoms with van der Waals surface area (Å²) in [6, 6.07) is 10.1. The van der Waals surface area contributed by atoms with Gasteiger partial charge in [-0.15, -0.1) is 15.3 Å². The lowest BCUT2D eigenvalue weighted by Gasteiger charge is -2.10. The van der Waals surface area contributed by atoms with Crippen LogP contribution in [0.1, 0.15) is 19.2 Å². The van der Waals surface area contributed by atoms with Crippen molar-refractivity contribution in [1.82, 2.24) is 24.5 Å². The minimum atomic E-state index is -3.69. The summed E-state index contributed by atoms with van der Waals surface area (Å²) in [6.45, 7) is 3.05. The molecule has 3 aromatic rings. The number of nitrogens with zero attached hydrogens (tertiary/aromatic N) is 4. The van der Waals surface area contributed by atoms with Crippen molar-refractivity contribution in [3.63, 3.8) is 0 Å². The molecular formula is C17H22N6O3S. The number of hydrogen-bond acceptors (Lipinski definition) is 7. The number of anilines is 1. The van der Waals surface area contributed by atoms with Gasteiger partial charge in [0.2, 0.25) is 10.0 Å². The molecule has 0 bridgehead atoms. The maximum Gasteiger partial charge on any atom is 0.244 e. The second-order valence-corrected chi connectivity index (χ2v) is 7.57. The molecule has 1 aromatic carbocycles. The number of nitrogens with one attached hydrogen (secondary N) is 2. The van der Waals surface area contributed by atoms with Gasteiger partial charge < -0.3 is 10.1 Å². The fourth-order valence-corrected chi connectivity index (χ4v) is 3.75. The molecule has 0 saturated carbocycles. The van der Waals surface area contributed by atoms with Crippen molar-refractivity contribution in [2.75, 3.05) is 25.5 Å². The molecule has 2 heterocycles. The van der Waals surface area contributed by atoms with Gasteiger partial charge >= 0.3 is 0 Å². The van der Waals surface area contributed by atoms with E-state index in [1.807, 2.05) is 12.1 Å². The first-order valence-corrected chi connectivity index (χ1v) is 10.1. The van der Waals surface area contributed by atoms with E-state index in [0.717, 1.165) is 18.8 Å². The zero-order chi connectivity index (χ0) is 19.3. The van der Waals surface area contributed by atoms with Crippen LogP contribution in [-0.2, 0) is 16.4 Å². The normalized spacial score (nSPS) is 11.6. The topological polar surface area (TPSA) is 111 Å². The van der Waals surface area contributed by atoms with Crippen molar-refractivity contribution in [2.24, 2.45) is 0 Å². The van der Waals surface area contributed by atoms with Crippen LogP contribution in [0.4, 0.5) is 5.82 Å². The monoisotopic (exact) mass is 390 g/mol. The van der Waals surface area contributed by atoms with Gasteiger partial charge in [0.1, 0.15) is 16.5 Å². The Kier molecular flexibility index (Phi) is 5.87. The van der Waals surface area contributed by atoms with Crippen molar-refractivity contribution < 1.29 is 13.2 Å². The molecule has 9 nitrogen and oxygen atoms in total. The first-order valence-electron chi connectivity index (χ1n) is 8.63. The third-order valence-corrected chi connectivity index (χ3v) is 5.38. The zero-order valence-corrected chi connectivity index (χ0v) is 16.0. The molecule has 0 spiro atoms. The van der Waals surface area contributed by atoms with E-state index >= 15 is 0 Å². The number of ether oxygens (including phenoxy) is 1. The van der Waals surface area contributed by atoms with Gasteiger partial charge in [0.25, 0.3) is 0 Å². The van der Waals surface area contributed by atoms with Crippen LogP contribution in [0.15, 0.2) is 41.3 Å². The molecule has 27 heavy (non-hydrogen) atoms. The molecule has 144 valence electrons. The lowest BCUT2D eigenvalue weighted by molar-refractivity contribution is 0.402. The Hall–Kier alpha value is -2.72. The second-order valence-electron chi connectivity index (χ2n) is 5.83. The Labute approximate surface area is 157 Å². The molecule has 0 saturated heterocycles. The van der Waals surface area contributed by atoms with E-state index in [1.165, 1.54) is 13.2 Å². The largest absolute Gasteiger partial charge is 0.495 e. The molecule has 0 atom stereocenters. The standard InChI is InChI=1S/C17H22N6O3S/c1-3-11-18-15-8-9-16-20-21-17(23(16)22-15)10-12-19-27(24,25)14-7-5-4-6-13(14)26-2/h4-9,19H,3,10-12H2,1-2H3,(H,18,22). The minimum Gasteiger partial charge on any atom is -0.495 e. The highest BCUT2D eigenvalue weighted by Crippen LogP contribution is 2.22. The van der Waals surface area contributed by atoms with E-state index in [2.05, 4.69) is 32.3 Å². The smallest absolute Gasteiger partial charge is 0.244 e. The van der Waals surface area contributed by atoms with Crippen LogP contribution in [-0.4, -0.2) is 48.4 Å². The number of fused-ring (bicyclic) bond motifs is 1. The Morgan fingerprint density at radius 2 is 1.93 bits per heavy atom. The van der Waals surface area contributed by atoms with Gasteiger partial charge in [0.15, 0.2) is 11.5 Å². The molecule has 0 unspecified atom stereocenters. The highest BCUT2D eigenvalue weighted by atomic mass is 32.2. The average Bonchev–Trinajstić information content (AvgIpc) is 3.08. The fourth-order valence-electron chi connectivity index (χ4n) is 2.55. The quantitative estimate of drug-likeness (QED) is 0.569. The number of para-hydroxylation sites is 1. The fraction of sp³-hybridized carbons (Fsp3) is 0.353. The number of benzene rings is 1. The number of aromatic nitrogens is 4. The van der Waals surface area contributed by atoms with Crippen molar-refractivity contribution in [3.8, 4) is 5.75 Å². The van der Waals surface area contributed by atoms with Crippen molar-refractivity contribution in [2.45, 2.75) is 24.7 Å². The second kappa shape index (κ2) is 8.31. The van der Waals surface area contributed by atoms with Crippen molar-refractivity contribution >= 4 is 21.5 Å². The van der Waals surface area contributed by atoms with Gasteiger partial charge in [-0.05, 0) is 30.7 Å². The van der Waals surface area contributed by atoms with Gasteiger partial charge in [-0.2, -0.15) is 4.52 Å². The van der Waals surface area contributed by atoms with Gasteiger partial charge in [-0.1, -0.05) is 19.1 Å². The Morgan fingerprint density at radius 3 is 2.70 bits per heavy atom. The molecular weight excluding hydrogens is 368 g/mol. The molecule has 2 aromatic heterocycles. The summed E-state index contributed by atoms with van der Waals surface area (Å²) < 4.78 is 34.3. The molecule has 2 N–H and O–H groups in total. The van der Waals surface area contributed by atoms with E-state index in [9.17, 15) is 8.42 Å². The zero-order valence-electron chi connectivity index (χ0n) is 15.2. The van der Waals surface area contributed by atoms with Crippen LogP contribution in [0, 0.1) is 0 Å². The summed E-state index contributed by atoms with van der Waals surface area (Å²) in [5.74, 6) is 1.60. The average molecular weight is 390 g/mol. The highest BCUT2D eigenvalue weighted by molar-refractivity contribution is 7.89. The molecule has 3 rings (SSSR count). The van der Waals surface area contributed by atoms with Crippen LogP contribution in [0.3, 0.4) is 0 Å². The van der Waals surface area contributed by atoms with Gasteiger partial charge in [-0.3, -0.25) is 0 Å². The summed E-state index contributed by atoms with van der Waals surface area (Å²) in [4.78, 5) is 0.0998. The van der Waals surface area contributed by atoms with E-state index in [-0.39, 0.29) is 11.4 Å². The third kappa shape index (κ3) is 4.34. The molecule has 0 aliphatic carbocycles. The van der Waals surface area contributed by atoms with Crippen LogP contribution in [0.5, 0.6) is 5.75 Å². The van der Waals surface area contributed by atoms with Gasteiger partial charge in [-0.25, -0.2) is 13.1 Å². The van der Waals surface area contributed by atoms with Gasteiger partial charge in [0.05, 0.1) is 7.11 Å². The molecule has 0 amide bonds. The van der Waals surface area contributed by atoms with E-state index in [4.69, 9.17) is 4.74 Å². The van der Waals surface area contributed by atoms with E-state index < -0.39 is 10.0 Å². The van der Waals surface area contributed by atoms with Crippen LogP contribution < -0.4 is 14.8 Å². The Balaban J connectivity index is 1.71. The van der Waals surface area contributed by atoms with Crippen LogP contribution >= 0.6 is 0 Å². The van der Waals surface area contributed by atoms with E-state index in [1.54, 1.807) is 22.7 Å². The molecule has 10 heteroatoms. The van der Waals surface area contributed by atoms with E-state index in [0.29, 0.717) is 23.6 Å². The number of methoxy groups -OCH3 is 1. The summed E-state index contributed by atoms with van der Waals surface area (Å²) in [7, 11) is -2.26. The summed E-state index contributed by atoms with van der Waals surface area (Å²) >= 11 is 0. The predicted molar refractivity (Wildman–Crippen MR) is 101 cm³/mol. The maximum absolute atomic E-state index is 12.5. The predicted octanol–water partition coefficient (Wildman–Crippen LogP) is 1.48. The molecule has 0 aliphatic rings. The molecule has 0 radical (unpaired) electrons. The van der Waals surface area contributed by atoms with Crippen molar-refractivity contribution in [1.29, 1.82) is 0 Å². The molecule has 0 aliphatic heterocycles. The lowest BCUT2D eigenvalue weighted by atomic mass is 10.3. The number of hydrogen-bond donors (Lipinski definition) is 2. The van der Waals surface area contributed by atoms with Crippen molar-refractivity contribution in [3.05, 3.63) is 42.2 Å². The van der Waals surface area contributed by atoms with Gasteiger partial charge in [0, 0.05) is 19.5 Å². The van der Waals surface area contributed by atoms with Crippen LogP contribution in [0.25, 0.3) is 5.65 Å². The Bertz CT molecular complexity index is 1020.